The number of hydrogen-bond acceptors (Lipinski definition) is 1. The molecule has 3 heteroatoms. The molecule has 0 heterocycles. The summed E-state index contributed by atoms with van der Waals surface area (Å²) in [5, 5.41) is 9.00. The van der Waals surface area contributed by atoms with Gasteiger partial charge in [-0.3, -0.25) is 0 Å². The monoisotopic (exact) mass is 258 g/mol. The molecular weight excluding hydrogens is 243 g/mol. The molecule has 0 unspecified atom stereocenters. The number of halogens is 1. The van der Waals surface area contributed by atoms with Gasteiger partial charge >= 0.3 is 5.97 Å². The summed E-state index contributed by atoms with van der Waals surface area (Å²) >= 11 is 0. The summed E-state index contributed by atoms with van der Waals surface area (Å²) in [7, 11) is 0. The van der Waals surface area contributed by atoms with Crippen molar-refractivity contribution in [1.82, 2.24) is 0 Å². The van der Waals surface area contributed by atoms with Gasteiger partial charge in [0.2, 0.25) is 0 Å². The van der Waals surface area contributed by atoms with Crippen molar-refractivity contribution < 1.29 is 14.3 Å². The van der Waals surface area contributed by atoms with Gasteiger partial charge in [0.25, 0.3) is 0 Å². The normalized spacial score (nSPS) is 10.5. The van der Waals surface area contributed by atoms with E-state index in [1.165, 1.54) is 6.07 Å². The maximum atomic E-state index is 13.8. The first-order valence-electron chi connectivity index (χ1n) is 6.01. The third kappa shape index (κ3) is 2.50. The molecule has 0 atom stereocenters. The van der Waals surface area contributed by atoms with Crippen molar-refractivity contribution >= 4 is 5.97 Å². The number of aromatic carboxylic acids is 1. The van der Waals surface area contributed by atoms with Crippen molar-refractivity contribution in [2.45, 2.75) is 20.8 Å². The summed E-state index contributed by atoms with van der Waals surface area (Å²) in [6, 6.07) is 8.36. The second kappa shape index (κ2) is 4.84. The zero-order chi connectivity index (χ0) is 14.2. The lowest BCUT2D eigenvalue weighted by Crippen LogP contribution is -2.00. The van der Waals surface area contributed by atoms with E-state index in [1.807, 2.05) is 32.0 Å². The lowest BCUT2D eigenvalue weighted by atomic mass is 9.95. The fourth-order valence-corrected chi connectivity index (χ4v) is 2.01. The maximum absolute atomic E-state index is 13.8. The number of carboxylic acid groups (broad SMARTS) is 1. The van der Waals surface area contributed by atoms with Crippen LogP contribution in [0.15, 0.2) is 30.3 Å². The van der Waals surface area contributed by atoms with Gasteiger partial charge in [-0.05, 0) is 60.7 Å². The van der Waals surface area contributed by atoms with Gasteiger partial charge in [-0.1, -0.05) is 18.2 Å². The summed E-state index contributed by atoms with van der Waals surface area (Å²) in [6.45, 7) is 5.64. The molecule has 0 spiro atoms. The van der Waals surface area contributed by atoms with E-state index >= 15 is 0 Å². The van der Waals surface area contributed by atoms with Gasteiger partial charge in [0.05, 0.1) is 5.56 Å². The van der Waals surface area contributed by atoms with E-state index in [9.17, 15) is 9.18 Å². The van der Waals surface area contributed by atoms with Crippen molar-refractivity contribution in [3.8, 4) is 11.1 Å². The minimum atomic E-state index is -1.12. The molecular formula is C16H15FO2. The number of rotatable bonds is 2. The summed E-state index contributed by atoms with van der Waals surface area (Å²) in [6.07, 6.45) is 0. The van der Waals surface area contributed by atoms with Crippen LogP contribution in [0.2, 0.25) is 0 Å². The van der Waals surface area contributed by atoms with E-state index in [4.69, 9.17) is 5.11 Å². The summed E-state index contributed by atoms with van der Waals surface area (Å²) in [4.78, 5) is 11.0. The molecule has 2 aromatic rings. The molecule has 0 aliphatic heterocycles. The van der Waals surface area contributed by atoms with Crippen LogP contribution in [0, 0.1) is 26.6 Å². The van der Waals surface area contributed by atoms with Gasteiger partial charge in [-0.25, -0.2) is 9.18 Å². The molecule has 0 saturated heterocycles. The van der Waals surface area contributed by atoms with Crippen LogP contribution in [0.1, 0.15) is 27.0 Å². The zero-order valence-electron chi connectivity index (χ0n) is 11.1. The maximum Gasteiger partial charge on any atom is 0.335 e. The van der Waals surface area contributed by atoms with Crippen LogP contribution >= 0.6 is 0 Å². The molecule has 0 saturated carbocycles. The Balaban J connectivity index is 2.66. The number of carboxylic acids is 1. The molecule has 0 aromatic heterocycles. The average Bonchev–Trinajstić information content (AvgIpc) is 2.35. The molecule has 1 N–H and O–H groups in total. The van der Waals surface area contributed by atoms with Gasteiger partial charge in [0, 0.05) is 0 Å². The Kier molecular flexibility index (Phi) is 3.38. The highest BCUT2D eigenvalue weighted by atomic mass is 19.1. The molecule has 0 amide bonds. The van der Waals surface area contributed by atoms with Crippen LogP contribution in [-0.4, -0.2) is 11.1 Å². The molecule has 0 aliphatic carbocycles. The van der Waals surface area contributed by atoms with Crippen LogP contribution in [0.25, 0.3) is 11.1 Å². The Labute approximate surface area is 111 Å². The first kappa shape index (κ1) is 13.3. The van der Waals surface area contributed by atoms with Crippen molar-refractivity contribution in [2.75, 3.05) is 0 Å². The standard InChI is InChI=1S/C16H15FO2/c1-9-4-5-12(6-10(9)2)14-7-13(16(18)19)8-15(17)11(14)3/h4-8H,1-3H3,(H,18,19). The largest absolute Gasteiger partial charge is 0.478 e. The molecule has 0 fully saturated rings. The lowest BCUT2D eigenvalue weighted by Gasteiger charge is -2.10. The number of benzene rings is 2. The van der Waals surface area contributed by atoms with Crippen LogP contribution in [0.3, 0.4) is 0 Å². The van der Waals surface area contributed by atoms with Gasteiger partial charge < -0.3 is 5.11 Å². The summed E-state index contributed by atoms with van der Waals surface area (Å²) in [5.74, 6) is -1.61. The van der Waals surface area contributed by atoms with Crippen LogP contribution in [0.5, 0.6) is 0 Å². The van der Waals surface area contributed by atoms with Gasteiger partial charge in [-0.15, -0.1) is 0 Å². The third-order valence-corrected chi connectivity index (χ3v) is 3.41. The highest BCUT2D eigenvalue weighted by Gasteiger charge is 2.13. The molecule has 0 aliphatic rings. The van der Waals surface area contributed by atoms with E-state index in [0.29, 0.717) is 11.1 Å². The van der Waals surface area contributed by atoms with E-state index in [2.05, 4.69) is 0 Å². The second-order valence-corrected chi connectivity index (χ2v) is 4.73. The number of hydrogen-bond donors (Lipinski definition) is 1. The SMILES string of the molecule is Cc1ccc(-c2cc(C(=O)O)cc(F)c2C)cc1C. The molecule has 0 radical (unpaired) electrons. The first-order chi connectivity index (χ1) is 8.90. The lowest BCUT2D eigenvalue weighted by molar-refractivity contribution is 0.0696. The Hall–Kier alpha value is -2.16. The molecule has 98 valence electrons. The number of aryl methyl sites for hydroxylation is 2. The van der Waals surface area contributed by atoms with E-state index in [1.54, 1.807) is 6.92 Å². The van der Waals surface area contributed by atoms with Crippen molar-refractivity contribution in [1.29, 1.82) is 0 Å². The zero-order valence-corrected chi connectivity index (χ0v) is 11.1. The minimum absolute atomic E-state index is 0.0312. The second-order valence-electron chi connectivity index (χ2n) is 4.73. The van der Waals surface area contributed by atoms with Gasteiger partial charge in [-0.2, -0.15) is 0 Å². The average molecular weight is 258 g/mol. The molecule has 0 bridgehead atoms. The Morgan fingerprint density at radius 3 is 2.32 bits per heavy atom. The quantitative estimate of drug-likeness (QED) is 0.879. The third-order valence-electron chi connectivity index (χ3n) is 3.41. The number of carbonyl (C=O) groups is 1. The van der Waals surface area contributed by atoms with Crippen molar-refractivity contribution in [3.63, 3.8) is 0 Å². The Morgan fingerprint density at radius 2 is 1.74 bits per heavy atom. The Morgan fingerprint density at radius 1 is 1.05 bits per heavy atom. The summed E-state index contributed by atoms with van der Waals surface area (Å²) in [5.41, 5.74) is 4.14. The van der Waals surface area contributed by atoms with Crippen LogP contribution < -0.4 is 0 Å². The topological polar surface area (TPSA) is 37.3 Å². The van der Waals surface area contributed by atoms with Gasteiger partial charge in [0.1, 0.15) is 5.82 Å². The first-order valence-corrected chi connectivity index (χ1v) is 6.01. The summed E-state index contributed by atoms with van der Waals surface area (Å²) < 4.78 is 13.8. The van der Waals surface area contributed by atoms with Gasteiger partial charge in [0.15, 0.2) is 0 Å². The molecule has 2 aromatic carbocycles. The predicted octanol–water partition coefficient (Wildman–Crippen LogP) is 4.12. The van der Waals surface area contributed by atoms with Crippen molar-refractivity contribution in [3.05, 3.63) is 58.4 Å². The predicted molar refractivity (Wildman–Crippen MR) is 73.0 cm³/mol. The van der Waals surface area contributed by atoms with E-state index < -0.39 is 11.8 Å². The molecule has 2 rings (SSSR count). The highest BCUT2D eigenvalue weighted by Crippen LogP contribution is 2.28. The molecule has 19 heavy (non-hydrogen) atoms. The van der Waals surface area contributed by atoms with Crippen LogP contribution in [-0.2, 0) is 0 Å². The molecule has 2 nitrogen and oxygen atoms in total. The highest BCUT2D eigenvalue weighted by molar-refractivity contribution is 5.90. The fourth-order valence-electron chi connectivity index (χ4n) is 2.01. The fraction of sp³-hybridized carbons (Fsp3) is 0.188. The minimum Gasteiger partial charge on any atom is -0.478 e. The van der Waals surface area contributed by atoms with Crippen molar-refractivity contribution in [2.24, 2.45) is 0 Å². The van der Waals surface area contributed by atoms with E-state index in [-0.39, 0.29) is 5.56 Å². The van der Waals surface area contributed by atoms with E-state index in [0.717, 1.165) is 22.8 Å². The smallest absolute Gasteiger partial charge is 0.335 e. The Bertz CT molecular complexity index is 660. The van der Waals surface area contributed by atoms with Crippen LogP contribution in [0.4, 0.5) is 4.39 Å².